The summed E-state index contributed by atoms with van der Waals surface area (Å²) in [7, 11) is 1.72. The molecule has 4 nitrogen and oxygen atoms in total. The number of nitrogens with one attached hydrogen (secondary N) is 2. The lowest BCUT2D eigenvalue weighted by molar-refractivity contribution is 0.299. The Bertz CT molecular complexity index is 738. The highest BCUT2D eigenvalue weighted by atomic mass is 32.2. The van der Waals surface area contributed by atoms with Gasteiger partial charge in [-0.15, -0.1) is 4.72 Å². The predicted molar refractivity (Wildman–Crippen MR) is 110 cm³/mol. The molecule has 0 spiro atoms. The molecule has 3 rings (SSSR count). The van der Waals surface area contributed by atoms with Gasteiger partial charge in [0.25, 0.3) is 0 Å². The van der Waals surface area contributed by atoms with Crippen LogP contribution in [0.4, 0.5) is 0 Å². The van der Waals surface area contributed by atoms with Crippen molar-refractivity contribution in [3.8, 4) is 5.75 Å². The molecule has 2 N–H and O–H groups in total. The van der Waals surface area contributed by atoms with E-state index in [1.807, 2.05) is 26.8 Å². The first-order valence-corrected chi connectivity index (χ1v) is 10.5. The van der Waals surface area contributed by atoms with E-state index in [-0.39, 0.29) is 10.8 Å². The molecule has 1 fully saturated rings. The third kappa shape index (κ3) is 4.17. The molecule has 0 aliphatic carbocycles. The summed E-state index contributed by atoms with van der Waals surface area (Å²) in [4.78, 5) is 0. The predicted octanol–water partition coefficient (Wildman–Crippen LogP) is 3.94. The van der Waals surface area contributed by atoms with E-state index >= 15 is 0 Å². The highest BCUT2D eigenvalue weighted by Gasteiger charge is 2.36. The number of fused-ring (bicyclic) bond motifs is 1. The summed E-state index contributed by atoms with van der Waals surface area (Å²) in [6.45, 7) is 8.03. The largest absolute Gasteiger partial charge is 0.598 e. The molecule has 1 saturated heterocycles. The van der Waals surface area contributed by atoms with Gasteiger partial charge in [0.2, 0.25) is 0 Å². The Labute approximate surface area is 160 Å². The summed E-state index contributed by atoms with van der Waals surface area (Å²) in [6, 6.07) is 12.5. The smallest absolute Gasteiger partial charge is 0.136 e. The van der Waals surface area contributed by atoms with Crippen molar-refractivity contribution in [2.24, 2.45) is 5.92 Å². The van der Waals surface area contributed by atoms with Gasteiger partial charge in [-0.1, -0.05) is 30.3 Å². The van der Waals surface area contributed by atoms with Crippen molar-refractivity contribution in [1.82, 2.24) is 10.0 Å². The van der Waals surface area contributed by atoms with Crippen molar-refractivity contribution in [3.63, 3.8) is 0 Å². The lowest BCUT2D eigenvalue weighted by atomic mass is 9.84. The van der Waals surface area contributed by atoms with Crippen molar-refractivity contribution in [2.45, 2.75) is 44.4 Å². The topological polar surface area (TPSA) is 56.3 Å². The third-order valence-electron chi connectivity index (χ3n) is 5.11. The first kappa shape index (κ1) is 19.5. The number of ether oxygens (including phenoxy) is 1. The van der Waals surface area contributed by atoms with E-state index in [4.69, 9.17) is 4.74 Å². The quantitative estimate of drug-likeness (QED) is 0.779. The molecule has 1 unspecified atom stereocenters. The standard InChI is InChI=1S/C21H30N2O2S/c1-21(2,3)26(24)23-20(16-11-13-22-14-12-16)19-17-8-6-5-7-15(17)9-10-18(19)25-4/h5-10,16,20,22-23H,11-14H2,1-4H3/t20?,26-/m0/s1. The third-order valence-corrected chi connectivity index (χ3v) is 6.69. The minimum Gasteiger partial charge on any atom is -0.598 e. The molecule has 142 valence electrons. The second kappa shape index (κ2) is 8.17. The van der Waals surface area contributed by atoms with Crippen LogP contribution in [0.1, 0.15) is 45.2 Å². The maximum atomic E-state index is 13.0. The number of hydrogen-bond acceptors (Lipinski definition) is 4. The normalized spacial score (nSPS) is 18.7. The molecule has 0 bridgehead atoms. The number of rotatable bonds is 5. The summed E-state index contributed by atoms with van der Waals surface area (Å²) < 4.78 is 21.9. The van der Waals surface area contributed by atoms with Crippen LogP contribution in [0.3, 0.4) is 0 Å². The van der Waals surface area contributed by atoms with Crippen LogP contribution >= 0.6 is 0 Å². The fourth-order valence-electron chi connectivity index (χ4n) is 3.63. The van der Waals surface area contributed by atoms with Crippen molar-refractivity contribution in [1.29, 1.82) is 0 Å². The molecule has 1 heterocycles. The van der Waals surface area contributed by atoms with E-state index in [0.29, 0.717) is 5.92 Å². The maximum absolute atomic E-state index is 13.0. The van der Waals surface area contributed by atoms with Gasteiger partial charge in [-0.2, -0.15) is 0 Å². The Kier molecular flexibility index (Phi) is 6.13. The van der Waals surface area contributed by atoms with Gasteiger partial charge < -0.3 is 14.6 Å². The van der Waals surface area contributed by atoms with Crippen molar-refractivity contribution in [2.75, 3.05) is 20.2 Å². The van der Waals surface area contributed by atoms with Crippen LogP contribution in [-0.2, 0) is 11.4 Å². The van der Waals surface area contributed by atoms with Gasteiger partial charge in [0, 0.05) is 16.9 Å². The summed E-state index contributed by atoms with van der Waals surface area (Å²) in [6.07, 6.45) is 2.12. The molecule has 5 heteroatoms. The summed E-state index contributed by atoms with van der Waals surface area (Å²) in [5.41, 5.74) is 1.13. The number of methoxy groups -OCH3 is 1. The van der Waals surface area contributed by atoms with Crippen LogP contribution in [0.25, 0.3) is 10.8 Å². The Balaban J connectivity index is 2.10. The molecule has 0 saturated carbocycles. The van der Waals surface area contributed by atoms with Crippen LogP contribution in [0, 0.1) is 5.92 Å². The maximum Gasteiger partial charge on any atom is 0.136 e. The highest BCUT2D eigenvalue weighted by Crippen LogP contribution is 2.40. The van der Waals surface area contributed by atoms with Crippen molar-refractivity contribution >= 4 is 22.1 Å². The zero-order valence-corrected chi connectivity index (χ0v) is 17.0. The molecule has 2 atom stereocenters. The average molecular weight is 375 g/mol. The summed E-state index contributed by atoms with van der Waals surface area (Å²) in [5.74, 6) is 1.29. The van der Waals surface area contributed by atoms with E-state index in [0.717, 1.165) is 37.2 Å². The Hall–Kier alpha value is -1.27. The van der Waals surface area contributed by atoms with Crippen LogP contribution in [0.5, 0.6) is 5.75 Å². The Morgan fingerprint density at radius 1 is 1.15 bits per heavy atom. The highest BCUT2D eigenvalue weighted by molar-refractivity contribution is 7.90. The molecule has 2 aromatic carbocycles. The van der Waals surface area contributed by atoms with Crippen LogP contribution in [-0.4, -0.2) is 29.5 Å². The van der Waals surface area contributed by atoms with E-state index in [9.17, 15) is 4.55 Å². The second-order valence-electron chi connectivity index (χ2n) is 7.97. The summed E-state index contributed by atoms with van der Waals surface area (Å²) in [5, 5.41) is 5.80. The van der Waals surface area contributed by atoms with Crippen molar-refractivity contribution < 1.29 is 9.29 Å². The van der Waals surface area contributed by atoms with Crippen molar-refractivity contribution in [3.05, 3.63) is 42.0 Å². The zero-order valence-electron chi connectivity index (χ0n) is 16.2. The van der Waals surface area contributed by atoms with Crippen LogP contribution in [0.2, 0.25) is 0 Å². The van der Waals surface area contributed by atoms with Gasteiger partial charge in [-0.05, 0) is 69.5 Å². The molecule has 0 aromatic heterocycles. The van der Waals surface area contributed by atoms with E-state index in [1.165, 1.54) is 10.8 Å². The van der Waals surface area contributed by atoms with Gasteiger partial charge in [-0.25, -0.2) is 0 Å². The van der Waals surface area contributed by atoms with Crippen LogP contribution < -0.4 is 14.8 Å². The average Bonchev–Trinajstić information content (AvgIpc) is 2.65. The zero-order chi connectivity index (χ0) is 18.7. The fraction of sp³-hybridized carbons (Fsp3) is 0.524. The van der Waals surface area contributed by atoms with Gasteiger partial charge in [0.15, 0.2) is 0 Å². The van der Waals surface area contributed by atoms with Gasteiger partial charge in [-0.3, -0.25) is 0 Å². The monoisotopic (exact) mass is 374 g/mol. The van der Waals surface area contributed by atoms with Gasteiger partial charge in [0.05, 0.1) is 13.2 Å². The van der Waals surface area contributed by atoms with Gasteiger partial charge >= 0.3 is 0 Å². The Morgan fingerprint density at radius 3 is 2.50 bits per heavy atom. The molecular weight excluding hydrogens is 344 g/mol. The van der Waals surface area contributed by atoms with E-state index in [2.05, 4.69) is 40.4 Å². The molecule has 0 radical (unpaired) electrons. The SMILES string of the molecule is COc1ccc2ccccc2c1C(N[S@@+]([O-])C(C)(C)C)C1CCNCC1. The number of benzene rings is 2. The first-order chi connectivity index (χ1) is 12.4. The Morgan fingerprint density at radius 2 is 1.85 bits per heavy atom. The van der Waals surface area contributed by atoms with E-state index < -0.39 is 11.4 Å². The lowest BCUT2D eigenvalue weighted by Gasteiger charge is -2.35. The molecule has 0 amide bonds. The number of hydrogen-bond donors (Lipinski definition) is 2. The summed E-state index contributed by atoms with van der Waals surface area (Å²) >= 11 is -1.15. The minimum atomic E-state index is -1.15. The van der Waals surface area contributed by atoms with E-state index in [1.54, 1.807) is 7.11 Å². The van der Waals surface area contributed by atoms with Crippen LogP contribution in [0.15, 0.2) is 36.4 Å². The molecule has 1 aliphatic heterocycles. The molecule has 2 aromatic rings. The molecule has 1 aliphatic rings. The van der Waals surface area contributed by atoms with Gasteiger partial charge in [0.1, 0.15) is 10.5 Å². The first-order valence-electron chi connectivity index (χ1n) is 9.36. The number of piperidine rings is 1. The molecule has 26 heavy (non-hydrogen) atoms. The second-order valence-corrected chi connectivity index (χ2v) is 9.96. The molecular formula is C21H30N2O2S. The minimum absolute atomic E-state index is 0.00166. The lowest BCUT2D eigenvalue weighted by Crippen LogP contribution is -2.45. The fourth-order valence-corrected chi connectivity index (χ4v) is 4.53.